The molecule has 1 saturated heterocycles. The van der Waals surface area contributed by atoms with Gasteiger partial charge in [-0.1, -0.05) is 23.8 Å². The Morgan fingerprint density at radius 2 is 1.66 bits per heavy atom. The molecule has 0 radical (unpaired) electrons. The monoisotopic (exact) mass is 414 g/mol. The number of amides is 1. The van der Waals surface area contributed by atoms with Crippen LogP contribution in [0.1, 0.15) is 18.4 Å². The van der Waals surface area contributed by atoms with E-state index in [0.29, 0.717) is 39.0 Å². The van der Waals surface area contributed by atoms with Gasteiger partial charge in [0.1, 0.15) is 5.75 Å². The van der Waals surface area contributed by atoms with E-state index in [0.717, 1.165) is 17.0 Å². The van der Waals surface area contributed by atoms with Gasteiger partial charge in [-0.05, 0) is 44.0 Å². The van der Waals surface area contributed by atoms with Gasteiger partial charge in [-0.3, -0.25) is 4.79 Å². The molecule has 1 saturated carbocycles. The predicted octanol–water partition coefficient (Wildman–Crippen LogP) is 2.66. The van der Waals surface area contributed by atoms with E-state index in [9.17, 15) is 13.2 Å². The number of hydrogen-bond donors (Lipinski definition) is 0. The third kappa shape index (κ3) is 3.48. The maximum atomic E-state index is 13.2. The zero-order chi connectivity index (χ0) is 20.6. The largest absolute Gasteiger partial charge is 0.497 e. The Labute approximate surface area is 172 Å². The first-order chi connectivity index (χ1) is 13.9. The fourth-order valence-electron chi connectivity index (χ4n) is 3.92. The van der Waals surface area contributed by atoms with Crippen LogP contribution in [0.15, 0.2) is 53.4 Å². The normalized spacial score (nSPS) is 18.4. The summed E-state index contributed by atoms with van der Waals surface area (Å²) >= 11 is 0. The third-order valence-corrected chi connectivity index (χ3v) is 8.43. The summed E-state index contributed by atoms with van der Waals surface area (Å²) < 4.78 is 30.4. The SMILES string of the molecule is COc1cccc(N2CCN(C(=O)C3(S(=O)(=O)c4ccc(C)cc4)CC3)CC2)c1. The molecular weight excluding hydrogens is 388 g/mol. The summed E-state index contributed by atoms with van der Waals surface area (Å²) in [6.07, 6.45) is 0.802. The van der Waals surface area contributed by atoms with E-state index in [1.165, 1.54) is 0 Å². The second-order valence-electron chi connectivity index (χ2n) is 7.79. The van der Waals surface area contributed by atoms with Crippen molar-refractivity contribution < 1.29 is 17.9 Å². The van der Waals surface area contributed by atoms with Gasteiger partial charge in [-0.25, -0.2) is 8.42 Å². The molecule has 2 aromatic carbocycles. The molecule has 2 fully saturated rings. The minimum Gasteiger partial charge on any atom is -0.497 e. The summed E-state index contributed by atoms with van der Waals surface area (Å²) in [7, 11) is -2.05. The van der Waals surface area contributed by atoms with Crippen molar-refractivity contribution in [1.82, 2.24) is 4.90 Å². The van der Waals surface area contributed by atoms with Gasteiger partial charge in [0, 0.05) is 37.9 Å². The lowest BCUT2D eigenvalue weighted by molar-refractivity contribution is -0.131. The van der Waals surface area contributed by atoms with Crippen molar-refractivity contribution in [2.75, 3.05) is 38.2 Å². The smallest absolute Gasteiger partial charge is 0.244 e. The summed E-state index contributed by atoms with van der Waals surface area (Å²) in [5.74, 6) is 0.547. The van der Waals surface area contributed by atoms with Crippen molar-refractivity contribution in [1.29, 1.82) is 0 Å². The van der Waals surface area contributed by atoms with Crippen molar-refractivity contribution in [3.05, 3.63) is 54.1 Å². The molecule has 0 N–H and O–H groups in total. The highest BCUT2D eigenvalue weighted by molar-refractivity contribution is 7.94. The number of carbonyl (C=O) groups is 1. The van der Waals surface area contributed by atoms with E-state index in [1.54, 1.807) is 36.3 Å². The van der Waals surface area contributed by atoms with Crippen molar-refractivity contribution in [3.8, 4) is 5.75 Å². The fourth-order valence-corrected chi connectivity index (χ4v) is 5.86. The minimum absolute atomic E-state index is 0.240. The molecule has 4 rings (SSSR count). The number of hydrogen-bond acceptors (Lipinski definition) is 5. The maximum absolute atomic E-state index is 13.2. The number of anilines is 1. The van der Waals surface area contributed by atoms with Crippen LogP contribution in [0.2, 0.25) is 0 Å². The number of methoxy groups -OCH3 is 1. The highest BCUT2D eigenvalue weighted by atomic mass is 32.2. The fraction of sp³-hybridized carbons (Fsp3) is 0.409. The third-order valence-electron chi connectivity index (χ3n) is 5.92. The van der Waals surface area contributed by atoms with Gasteiger partial charge in [0.2, 0.25) is 5.91 Å². The summed E-state index contributed by atoms with van der Waals surface area (Å²) in [5, 5.41) is 0. The van der Waals surface area contributed by atoms with Gasteiger partial charge in [0.15, 0.2) is 14.6 Å². The number of piperazine rings is 1. The molecule has 7 heteroatoms. The lowest BCUT2D eigenvalue weighted by Crippen LogP contribution is -2.53. The number of carbonyl (C=O) groups excluding carboxylic acids is 1. The zero-order valence-corrected chi connectivity index (χ0v) is 17.6. The second-order valence-corrected chi connectivity index (χ2v) is 10.1. The number of sulfone groups is 1. The molecule has 2 aromatic rings. The van der Waals surface area contributed by atoms with Crippen molar-refractivity contribution in [3.63, 3.8) is 0 Å². The molecule has 154 valence electrons. The topological polar surface area (TPSA) is 66.9 Å². The lowest BCUT2D eigenvalue weighted by atomic mass is 10.2. The van der Waals surface area contributed by atoms with E-state index < -0.39 is 14.6 Å². The van der Waals surface area contributed by atoms with Crippen LogP contribution in [-0.2, 0) is 14.6 Å². The Hall–Kier alpha value is -2.54. The summed E-state index contributed by atoms with van der Waals surface area (Å²) in [5.41, 5.74) is 2.04. The molecule has 1 aliphatic heterocycles. The molecule has 2 aliphatic rings. The molecule has 0 atom stereocenters. The molecule has 29 heavy (non-hydrogen) atoms. The highest BCUT2D eigenvalue weighted by Gasteiger charge is 2.62. The molecule has 1 aliphatic carbocycles. The van der Waals surface area contributed by atoms with Gasteiger partial charge >= 0.3 is 0 Å². The van der Waals surface area contributed by atoms with Gasteiger partial charge < -0.3 is 14.5 Å². The first-order valence-electron chi connectivity index (χ1n) is 9.87. The Morgan fingerprint density at radius 1 is 1.00 bits per heavy atom. The van der Waals surface area contributed by atoms with Crippen LogP contribution in [0.3, 0.4) is 0 Å². The van der Waals surface area contributed by atoms with Crippen molar-refractivity contribution in [2.45, 2.75) is 29.4 Å². The average molecular weight is 415 g/mol. The lowest BCUT2D eigenvalue weighted by Gasteiger charge is -2.37. The van der Waals surface area contributed by atoms with Gasteiger partial charge in [-0.15, -0.1) is 0 Å². The summed E-state index contributed by atoms with van der Waals surface area (Å²) in [6.45, 7) is 4.28. The highest BCUT2D eigenvalue weighted by Crippen LogP contribution is 2.48. The molecule has 1 amide bonds. The van der Waals surface area contributed by atoms with Crippen LogP contribution in [0.4, 0.5) is 5.69 Å². The quantitative estimate of drug-likeness (QED) is 0.753. The molecule has 6 nitrogen and oxygen atoms in total. The van der Waals surface area contributed by atoms with E-state index in [2.05, 4.69) is 4.90 Å². The Bertz CT molecular complexity index is 1010. The number of benzene rings is 2. The number of aryl methyl sites for hydroxylation is 1. The number of nitrogens with zero attached hydrogens (tertiary/aromatic N) is 2. The Kier molecular flexibility index (Phi) is 5.02. The van der Waals surface area contributed by atoms with Crippen LogP contribution >= 0.6 is 0 Å². The summed E-state index contributed by atoms with van der Waals surface area (Å²) in [4.78, 5) is 17.4. The Balaban J connectivity index is 1.47. The number of rotatable bonds is 5. The van der Waals surface area contributed by atoms with Crippen LogP contribution in [0.25, 0.3) is 0 Å². The molecule has 0 unspecified atom stereocenters. The van der Waals surface area contributed by atoms with Crippen LogP contribution in [0.5, 0.6) is 5.75 Å². The Morgan fingerprint density at radius 3 is 2.24 bits per heavy atom. The van der Waals surface area contributed by atoms with Gasteiger partial charge in [0.05, 0.1) is 12.0 Å². The van der Waals surface area contributed by atoms with E-state index in [-0.39, 0.29) is 10.8 Å². The molecular formula is C22H26N2O4S. The van der Waals surface area contributed by atoms with E-state index >= 15 is 0 Å². The van der Waals surface area contributed by atoms with Crippen molar-refractivity contribution in [2.24, 2.45) is 0 Å². The number of ether oxygens (including phenoxy) is 1. The first kappa shape index (κ1) is 19.8. The van der Waals surface area contributed by atoms with E-state index in [4.69, 9.17) is 4.74 Å². The molecule has 0 bridgehead atoms. The summed E-state index contributed by atoms with van der Waals surface area (Å²) in [6, 6.07) is 14.6. The van der Waals surface area contributed by atoms with Crippen LogP contribution in [0, 0.1) is 6.92 Å². The molecule has 1 heterocycles. The van der Waals surface area contributed by atoms with Crippen LogP contribution in [-0.4, -0.2) is 57.3 Å². The average Bonchev–Trinajstić information content (AvgIpc) is 3.56. The maximum Gasteiger partial charge on any atom is 0.244 e. The van der Waals surface area contributed by atoms with Crippen LogP contribution < -0.4 is 9.64 Å². The minimum atomic E-state index is -3.69. The standard InChI is InChI=1S/C22H26N2O4S/c1-17-6-8-20(9-7-17)29(26,27)22(10-11-22)21(25)24-14-12-23(13-15-24)18-4-3-5-19(16-18)28-2/h3-9,16H,10-15H2,1-2H3. The second kappa shape index (κ2) is 7.37. The first-order valence-corrected chi connectivity index (χ1v) is 11.4. The predicted molar refractivity (Wildman–Crippen MR) is 112 cm³/mol. The van der Waals surface area contributed by atoms with Gasteiger partial charge in [-0.2, -0.15) is 0 Å². The van der Waals surface area contributed by atoms with Gasteiger partial charge in [0.25, 0.3) is 0 Å². The molecule has 0 aromatic heterocycles. The molecule has 0 spiro atoms. The van der Waals surface area contributed by atoms with E-state index in [1.807, 2.05) is 31.2 Å². The van der Waals surface area contributed by atoms with Crippen molar-refractivity contribution >= 4 is 21.4 Å². The zero-order valence-electron chi connectivity index (χ0n) is 16.8.